The zero-order chi connectivity index (χ0) is 20.1. The minimum atomic E-state index is -0.258. The molecule has 0 atom stereocenters. The summed E-state index contributed by atoms with van der Waals surface area (Å²) in [6, 6.07) is 20.0. The van der Waals surface area contributed by atoms with E-state index in [0.717, 1.165) is 5.69 Å². The van der Waals surface area contributed by atoms with Crippen LogP contribution in [-0.4, -0.2) is 31.1 Å². The fraction of sp³-hybridized carbons (Fsp3) is 0.0952. The van der Waals surface area contributed by atoms with Crippen LogP contribution in [0.2, 0.25) is 0 Å². The van der Waals surface area contributed by atoms with Crippen molar-refractivity contribution >= 4 is 11.6 Å². The first-order valence-electron chi connectivity index (χ1n) is 8.99. The summed E-state index contributed by atoms with van der Waals surface area (Å²) < 4.78 is 7.42. The Balaban J connectivity index is 1.51. The molecule has 144 valence electrons. The molecule has 0 radical (unpaired) electrons. The lowest BCUT2D eigenvalue weighted by atomic mass is 10.1. The maximum atomic E-state index is 12.8. The number of nitrogens with one attached hydrogen (secondary N) is 1. The van der Waals surface area contributed by atoms with E-state index in [-0.39, 0.29) is 5.91 Å². The number of carbonyl (C=O) groups excluding carboxylic acids is 1. The molecule has 8 heteroatoms. The highest BCUT2D eigenvalue weighted by atomic mass is 16.5. The van der Waals surface area contributed by atoms with Gasteiger partial charge in [0.25, 0.3) is 5.91 Å². The summed E-state index contributed by atoms with van der Waals surface area (Å²) in [5, 5.41) is 14.4. The molecule has 29 heavy (non-hydrogen) atoms. The van der Waals surface area contributed by atoms with E-state index in [4.69, 9.17) is 4.74 Å². The smallest absolute Gasteiger partial charge is 0.255 e. The topological polar surface area (TPSA) is 94.8 Å². The van der Waals surface area contributed by atoms with Gasteiger partial charge in [-0.3, -0.25) is 9.78 Å². The van der Waals surface area contributed by atoms with Crippen molar-refractivity contribution < 1.29 is 9.53 Å². The minimum absolute atomic E-state index is 0.258. The van der Waals surface area contributed by atoms with Crippen LogP contribution in [-0.2, 0) is 6.61 Å². The molecule has 4 rings (SSSR count). The Kier molecular flexibility index (Phi) is 5.24. The van der Waals surface area contributed by atoms with Gasteiger partial charge in [0.15, 0.2) is 5.82 Å². The van der Waals surface area contributed by atoms with Crippen LogP contribution in [0.4, 0.5) is 5.69 Å². The quantitative estimate of drug-likeness (QED) is 0.547. The Labute approximate surface area is 167 Å². The van der Waals surface area contributed by atoms with E-state index in [2.05, 4.69) is 25.8 Å². The summed E-state index contributed by atoms with van der Waals surface area (Å²) in [4.78, 5) is 17.0. The van der Waals surface area contributed by atoms with Crippen molar-refractivity contribution in [3.8, 4) is 11.4 Å². The van der Waals surface area contributed by atoms with Gasteiger partial charge >= 0.3 is 0 Å². The molecular formula is C21H18N6O2. The molecule has 1 N–H and O–H groups in total. The predicted molar refractivity (Wildman–Crippen MR) is 107 cm³/mol. The number of hydrogen-bond acceptors (Lipinski definition) is 6. The molecule has 2 aromatic heterocycles. The zero-order valence-electron chi connectivity index (χ0n) is 15.7. The number of carbonyl (C=O) groups is 1. The molecule has 2 heterocycles. The van der Waals surface area contributed by atoms with Gasteiger partial charge in [-0.25, -0.2) is 0 Å². The highest BCUT2D eigenvalue weighted by molar-refractivity contribution is 6.05. The Morgan fingerprint density at radius 3 is 2.72 bits per heavy atom. The fourth-order valence-corrected chi connectivity index (χ4v) is 2.77. The van der Waals surface area contributed by atoms with Gasteiger partial charge in [-0.05, 0) is 59.8 Å². The minimum Gasteiger partial charge on any atom is -0.485 e. The van der Waals surface area contributed by atoms with E-state index in [1.165, 1.54) is 0 Å². The Hall–Kier alpha value is -4.07. The summed E-state index contributed by atoms with van der Waals surface area (Å²) in [5.41, 5.74) is 2.58. The summed E-state index contributed by atoms with van der Waals surface area (Å²) in [6.07, 6.45) is 1.71. The first kappa shape index (κ1) is 18.3. The number of tetrazole rings is 1. The van der Waals surface area contributed by atoms with Crippen LogP contribution in [0, 0.1) is 6.92 Å². The van der Waals surface area contributed by atoms with Gasteiger partial charge in [-0.2, -0.15) is 4.68 Å². The van der Waals surface area contributed by atoms with Gasteiger partial charge < -0.3 is 10.1 Å². The Morgan fingerprint density at radius 2 is 1.93 bits per heavy atom. The van der Waals surface area contributed by atoms with E-state index in [9.17, 15) is 4.79 Å². The van der Waals surface area contributed by atoms with E-state index in [1.807, 2.05) is 36.4 Å². The van der Waals surface area contributed by atoms with Crippen LogP contribution in [0.25, 0.3) is 5.69 Å². The number of para-hydroxylation sites is 2. The van der Waals surface area contributed by atoms with Crippen molar-refractivity contribution in [3.63, 3.8) is 0 Å². The second-order valence-corrected chi connectivity index (χ2v) is 6.25. The van der Waals surface area contributed by atoms with Gasteiger partial charge in [0.05, 0.1) is 17.1 Å². The Morgan fingerprint density at radius 1 is 1.07 bits per heavy atom. The first-order valence-corrected chi connectivity index (χ1v) is 8.99. The lowest BCUT2D eigenvalue weighted by molar-refractivity contribution is 0.102. The van der Waals surface area contributed by atoms with Crippen LogP contribution >= 0.6 is 0 Å². The number of amides is 1. The molecule has 0 spiro atoms. The molecular weight excluding hydrogens is 368 g/mol. The number of rotatable bonds is 6. The lowest BCUT2D eigenvalue weighted by Gasteiger charge is -2.13. The zero-order valence-corrected chi connectivity index (χ0v) is 15.7. The number of benzene rings is 2. The predicted octanol–water partition coefficient (Wildman–Crippen LogP) is 3.20. The molecule has 0 saturated heterocycles. The number of aromatic nitrogens is 5. The van der Waals surface area contributed by atoms with Crippen LogP contribution in [0.3, 0.4) is 0 Å². The third-order valence-corrected chi connectivity index (χ3v) is 4.22. The number of anilines is 1. The van der Waals surface area contributed by atoms with Gasteiger partial charge in [0.1, 0.15) is 12.4 Å². The van der Waals surface area contributed by atoms with Gasteiger partial charge in [0, 0.05) is 11.8 Å². The molecule has 2 aromatic carbocycles. The maximum Gasteiger partial charge on any atom is 0.255 e. The second-order valence-electron chi connectivity index (χ2n) is 6.25. The SMILES string of the molecule is Cc1nnnn1-c1cccc(C(=O)Nc2ccccc2OCc2ccccn2)c1. The van der Waals surface area contributed by atoms with Crippen molar-refractivity contribution in [2.75, 3.05) is 5.32 Å². The van der Waals surface area contributed by atoms with Gasteiger partial charge in [-0.15, -0.1) is 5.10 Å². The third kappa shape index (κ3) is 4.27. The maximum absolute atomic E-state index is 12.8. The number of nitrogens with zero attached hydrogens (tertiary/aromatic N) is 5. The molecule has 0 fully saturated rings. The van der Waals surface area contributed by atoms with E-state index >= 15 is 0 Å². The number of pyridine rings is 1. The molecule has 8 nitrogen and oxygen atoms in total. The largest absolute Gasteiger partial charge is 0.485 e. The summed E-state index contributed by atoms with van der Waals surface area (Å²) >= 11 is 0. The molecule has 0 bridgehead atoms. The van der Waals surface area contributed by atoms with Crippen molar-refractivity contribution in [1.29, 1.82) is 0 Å². The highest BCUT2D eigenvalue weighted by Crippen LogP contribution is 2.25. The molecule has 4 aromatic rings. The molecule has 0 saturated carbocycles. The molecule has 0 aliphatic heterocycles. The number of hydrogen-bond donors (Lipinski definition) is 1. The second kappa shape index (κ2) is 8.30. The Bertz CT molecular complexity index is 1130. The van der Waals surface area contributed by atoms with Crippen LogP contribution in [0.1, 0.15) is 21.9 Å². The number of aryl methyl sites for hydroxylation is 1. The monoisotopic (exact) mass is 386 g/mol. The van der Waals surface area contributed by atoms with Crippen molar-refractivity contribution in [2.45, 2.75) is 13.5 Å². The summed E-state index contributed by atoms with van der Waals surface area (Å²) in [6.45, 7) is 2.10. The van der Waals surface area contributed by atoms with Crippen LogP contribution < -0.4 is 10.1 Å². The normalized spacial score (nSPS) is 10.5. The highest BCUT2D eigenvalue weighted by Gasteiger charge is 2.12. The molecule has 0 aliphatic carbocycles. The van der Waals surface area contributed by atoms with Crippen molar-refractivity contribution in [2.24, 2.45) is 0 Å². The average molecular weight is 386 g/mol. The third-order valence-electron chi connectivity index (χ3n) is 4.22. The van der Waals surface area contributed by atoms with E-state index in [1.54, 1.807) is 48.1 Å². The lowest BCUT2D eigenvalue weighted by Crippen LogP contribution is -2.13. The molecule has 0 aliphatic rings. The van der Waals surface area contributed by atoms with Gasteiger partial charge in [-0.1, -0.05) is 24.3 Å². The van der Waals surface area contributed by atoms with E-state index < -0.39 is 0 Å². The summed E-state index contributed by atoms with van der Waals surface area (Å²) in [7, 11) is 0. The van der Waals surface area contributed by atoms with Crippen LogP contribution in [0.15, 0.2) is 72.9 Å². The van der Waals surface area contributed by atoms with Gasteiger partial charge in [0.2, 0.25) is 0 Å². The molecule has 0 unspecified atom stereocenters. The first-order chi connectivity index (χ1) is 14.2. The fourth-order valence-electron chi connectivity index (χ4n) is 2.77. The van der Waals surface area contributed by atoms with Crippen molar-refractivity contribution in [1.82, 2.24) is 25.2 Å². The summed E-state index contributed by atoms with van der Waals surface area (Å²) in [5.74, 6) is 0.946. The molecule has 1 amide bonds. The number of ether oxygens (including phenoxy) is 1. The average Bonchev–Trinajstić information content (AvgIpc) is 3.20. The van der Waals surface area contributed by atoms with Crippen molar-refractivity contribution in [3.05, 3.63) is 90.0 Å². The van der Waals surface area contributed by atoms with Crippen LogP contribution in [0.5, 0.6) is 5.75 Å². The standard InChI is InChI=1S/C21H18N6O2/c1-15-24-25-26-27(15)18-9-6-7-16(13-18)21(28)23-19-10-2-3-11-20(19)29-14-17-8-4-5-12-22-17/h2-13H,14H2,1H3,(H,23,28). The van der Waals surface area contributed by atoms with E-state index in [0.29, 0.717) is 35.1 Å².